The lowest BCUT2D eigenvalue weighted by Crippen LogP contribution is -2.09. The van der Waals surface area contributed by atoms with Crippen LogP contribution in [0, 0.1) is 0 Å². The molecule has 0 amide bonds. The molecule has 0 radical (unpaired) electrons. The molecule has 0 aliphatic carbocycles. The molecule has 2 rings (SSSR count). The van der Waals surface area contributed by atoms with Crippen LogP contribution in [0.2, 0.25) is 5.02 Å². The van der Waals surface area contributed by atoms with Crippen LogP contribution < -0.4 is 5.32 Å². The fraction of sp³-hybridized carbons (Fsp3) is 0.143. The summed E-state index contributed by atoms with van der Waals surface area (Å²) < 4.78 is 0. The number of carbonyl (C=O) groups is 1. The number of anilines is 1. The summed E-state index contributed by atoms with van der Waals surface area (Å²) in [5.74, 6) is 0.520. The summed E-state index contributed by atoms with van der Waals surface area (Å²) in [7, 11) is 0. The van der Waals surface area contributed by atoms with Gasteiger partial charge in [-0.05, 0) is 31.2 Å². The van der Waals surface area contributed by atoms with E-state index in [1.807, 2.05) is 6.92 Å². The van der Waals surface area contributed by atoms with E-state index in [1.165, 1.54) is 0 Å². The third-order valence-electron chi connectivity index (χ3n) is 2.48. The molecule has 2 aromatic rings. The SMILES string of the molecule is CCNc1ncccc1C(=O)c1cccc(Cl)c1. The number of nitrogens with one attached hydrogen (secondary N) is 1. The molecule has 1 aromatic carbocycles. The molecule has 0 aliphatic heterocycles. The quantitative estimate of drug-likeness (QED) is 0.857. The van der Waals surface area contributed by atoms with Crippen LogP contribution in [0.25, 0.3) is 0 Å². The van der Waals surface area contributed by atoms with Gasteiger partial charge in [-0.3, -0.25) is 4.79 Å². The third kappa shape index (κ3) is 2.68. The number of rotatable bonds is 4. The van der Waals surface area contributed by atoms with Gasteiger partial charge in [0.1, 0.15) is 5.82 Å². The van der Waals surface area contributed by atoms with E-state index in [4.69, 9.17) is 11.6 Å². The van der Waals surface area contributed by atoms with Crippen molar-refractivity contribution in [1.29, 1.82) is 0 Å². The average Bonchev–Trinajstić information content (AvgIpc) is 2.39. The van der Waals surface area contributed by atoms with Gasteiger partial charge in [0.25, 0.3) is 0 Å². The first kappa shape index (κ1) is 12.6. The van der Waals surface area contributed by atoms with Gasteiger partial charge in [0.2, 0.25) is 0 Å². The van der Waals surface area contributed by atoms with Gasteiger partial charge in [-0.2, -0.15) is 0 Å². The second kappa shape index (κ2) is 5.65. The Kier molecular flexibility index (Phi) is 3.95. The van der Waals surface area contributed by atoms with Crippen LogP contribution in [-0.2, 0) is 0 Å². The van der Waals surface area contributed by atoms with E-state index < -0.39 is 0 Å². The van der Waals surface area contributed by atoms with Gasteiger partial charge >= 0.3 is 0 Å². The largest absolute Gasteiger partial charge is 0.370 e. The molecule has 1 heterocycles. The standard InChI is InChI=1S/C14H13ClN2O/c1-2-16-14-12(7-4-8-17-14)13(18)10-5-3-6-11(15)9-10/h3-9H,2H2,1H3,(H,16,17). The molecule has 0 saturated carbocycles. The number of pyridine rings is 1. The topological polar surface area (TPSA) is 42.0 Å². The van der Waals surface area contributed by atoms with Crippen LogP contribution >= 0.6 is 11.6 Å². The van der Waals surface area contributed by atoms with E-state index in [1.54, 1.807) is 42.6 Å². The van der Waals surface area contributed by atoms with Crippen LogP contribution in [0.15, 0.2) is 42.6 Å². The van der Waals surface area contributed by atoms with Gasteiger partial charge in [0, 0.05) is 23.3 Å². The van der Waals surface area contributed by atoms with Crippen LogP contribution in [0.1, 0.15) is 22.8 Å². The van der Waals surface area contributed by atoms with Gasteiger partial charge in [0.05, 0.1) is 5.56 Å². The zero-order valence-corrected chi connectivity index (χ0v) is 10.7. The molecule has 18 heavy (non-hydrogen) atoms. The van der Waals surface area contributed by atoms with Gasteiger partial charge < -0.3 is 5.32 Å². The lowest BCUT2D eigenvalue weighted by Gasteiger charge is -2.08. The fourth-order valence-corrected chi connectivity index (χ4v) is 1.87. The molecule has 0 unspecified atom stereocenters. The van der Waals surface area contributed by atoms with E-state index in [2.05, 4.69) is 10.3 Å². The Bertz CT molecular complexity index is 569. The molecule has 0 atom stereocenters. The predicted octanol–water partition coefficient (Wildman–Crippen LogP) is 3.40. The summed E-state index contributed by atoms with van der Waals surface area (Å²) in [6.45, 7) is 2.68. The Balaban J connectivity index is 2.40. The van der Waals surface area contributed by atoms with Crippen molar-refractivity contribution in [3.8, 4) is 0 Å². The molecule has 0 aliphatic rings. The van der Waals surface area contributed by atoms with Crippen molar-refractivity contribution in [2.24, 2.45) is 0 Å². The summed E-state index contributed by atoms with van der Waals surface area (Å²) in [6.07, 6.45) is 1.66. The first-order valence-electron chi connectivity index (χ1n) is 5.71. The minimum atomic E-state index is -0.0819. The lowest BCUT2D eigenvalue weighted by atomic mass is 10.0. The number of hydrogen-bond donors (Lipinski definition) is 1. The second-order valence-corrected chi connectivity index (χ2v) is 4.21. The molecule has 4 heteroatoms. The summed E-state index contributed by atoms with van der Waals surface area (Å²) in [4.78, 5) is 16.5. The number of nitrogens with zero attached hydrogens (tertiary/aromatic N) is 1. The van der Waals surface area contributed by atoms with Crippen LogP contribution in [-0.4, -0.2) is 17.3 Å². The van der Waals surface area contributed by atoms with Gasteiger partial charge in [-0.25, -0.2) is 4.98 Å². The molecule has 1 N–H and O–H groups in total. The second-order valence-electron chi connectivity index (χ2n) is 3.77. The first-order chi connectivity index (χ1) is 8.72. The normalized spacial score (nSPS) is 10.1. The maximum absolute atomic E-state index is 12.4. The Morgan fingerprint density at radius 2 is 2.17 bits per heavy atom. The van der Waals surface area contributed by atoms with Crippen molar-refractivity contribution in [1.82, 2.24) is 4.98 Å². The van der Waals surface area contributed by atoms with Crippen molar-refractivity contribution in [2.45, 2.75) is 6.92 Å². The Labute approximate surface area is 111 Å². The number of ketones is 1. The van der Waals surface area contributed by atoms with Crippen LogP contribution in [0.3, 0.4) is 0 Å². The average molecular weight is 261 g/mol. The highest BCUT2D eigenvalue weighted by atomic mass is 35.5. The highest BCUT2D eigenvalue weighted by molar-refractivity contribution is 6.31. The molecule has 0 bridgehead atoms. The molecular formula is C14H13ClN2O. The number of aromatic nitrogens is 1. The van der Waals surface area contributed by atoms with Gasteiger partial charge in [-0.15, -0.1) is 0 Å². The number of hydrogen-bond acceptors (Lipinski definition) is 3. The van der Waals surface area contributed by atoms with Crippen LogP contribution in [0.4, 0.5) is 5.82 Å². The van der Waals surface area contributed by atoms with Crippen molar-refractivity contribution >= 4 is 23.2 Å². The van der Waals surface area contributed by atoms with E-state index in [-0.39, 0.29) is 5.78 Å². The molecular weight excluding hydrogens is 248 g/mol. The van der Waals surface area contributed by atoms with Crippen molar-refractivity contribution in [3.63, 3.8) is 0 Å². The predicted molar refractivity (Wildman–Crippen MR) is 73.3 cm³/mol. The van der Waals surface area contributed by atoms with Crippen LogP contribution in [0.5, 0.6) is 0 Å². The molecule has 1 aromatic heterocycles. The highest BCUT2D eigenvalue weighted by Crippen LogP contribution is 2.19. The molecule has 0 saturated heterocycles. The van der Waals surface area contributed by atoms with Gasteiger partial charge in [-0.1, -0.05) is 23.7 Å². The molecule has 3 nitrogen and oxygen atoms in total. The molecule has 0 fully saturated rings. The molecule has 92 valence electrons. The maximum Gasteiger partial charge on any atom is 0.196 e. The van der Waals surface area contributed by atoms with Crippen molar-refractivity contribution in [2.75, 3.05) is 11.9 Å². The minimum absolute atomic E-state index is 0.0819. The smallest absolute Gasteiger partial charge is 0.196 e. The van der Waals surface area contributed by atoms with Gasteiger partial charge in [0.15, 0.2) is 5.78 Å². The number of benzene rings is 1. The maximum atomic E-state index is 12.4. The summed E-state index contributed by atoms with van der Waals surface area (Å²) in [5.41, 5.74) is 1.12. The zero-order valence-electron chi connectivity index (χ0n) is 9.98. The van der Waals surface area contributed by atoms with Crippen molar-refractivity contribution in [3.05, 3.63) is 58.7 Å². The Hall–Kier alpha value is -1.87. The summed E-state index contributed by atoms with van der Waals surface area (Å²) >= 11 is 5.89. The fourth-order valence-electron chi connectivity index (χ4n) is 1.68. The van der Waals surface area contributed by atoms with Crippen molar-refractivity contribution < 1.29 is 4.79 Å². The number of carbonyl (C=O) groups excluding carboxylic acids is 1. The lowest BCUT2D eigenvalue weighted by molar-refractivity contribution is 0.103. The zero-order chi connectivity index (χ0) is 13.0. The van der Waals surface area contributed by atoms with E-state index in [0.29, 0.717) is 28.5 Å². The highest BCUT2D eigenvalue weighted by Gasteiger charge is 2.14. The monoisotopic (exact) mass is 260 g/mol. The number of halogens is 1. The van der Waals surface area contributed by atoms with E-state index in [9.17, 15) is 4.79 Å². The van der Waals surface area contributed by atoms with E-state index in [0.717, 1.165) is 0 Å². The van der Waals surface area contributed by atoms with E-state index >= 15 is 0 Å². The summed E-state index contributed by atoms with van der Waals surface area (Å²) in [6, 6.07) is 10.4. The first-order valence-corrected chi connectivity index (χ1v) is 6.09. The third-order valence-corrected chi connectivity index (χ3v) is 2.72. The summed E-state index contributed by atoms with van der Waals surface area (Å²) in [5, 5.41) is 3.63. The Morgan fingerprint density at radius 1 is 1.33 bits per heavy atom. The Morgan fingerprint density at radius 3 is 2.89 bits per heavy atom. The minimum Gasteiger partial charge on any atom is -0.370 e. The molecule has 0 spiro atoms.